The maximum absolute atomic E-state index is 5.84. The molecule has 0 radical (unpaired) electrons. The van der Waals surface area contributed by atoms with E-state index in [-0.39, 0.29) is 0 Å². The summed E-state index contributed by atoms with van der Waals surface area (Å²) in [5, 5.41) is 7.81. The van der Waals surface area contributed by atoms with Crippen LogP contribution in [0.25, 0.3) is 0 Å². The summed E-state index contributed by atoms with van der Waals surface area (Å²) >= 11 is 5.30. The van der Waals surface area contributed by atoms with Gasteiger partial charge in [0, 0.05) is 5.69 Å². The predicted octanol–water partition coefficient (Wildman–Crippen LogP) is 5.20. The third-order valence-electron chi connectivity index (χ3n) is 4.12. The highest BCUT2D eigenvalue weighted by Crippen LogP contribution is 2.16. The van der Waals surface area contributed by atoms with Gasteiger partial charge in [0.2, 0.25) is 0 Å². The number of aryl methyl sites for hydroxylation is 2. The van der Waals surface area contributed by atoms with Gasteiger partial charge >= 0.3 is 0 Å². The minimum absolute atomic E-state index is 0.444. The summed E-state index contributed by atoms with van der Waals surface area (Å²) in [6.07, 6.45) is 1.71. The van der Waals surface area contributed by atoms with Crippen molar-refractivity contribution in [3.05, 3.63) is 95.1 Å². The van der Waals surface area contributed by atoms with Gasteiger partial charge in [0.25, 0.3) is 0 Å². The van der Waals surface area contributed by atoms with E-state index in [9.17, 15) is 0 Å². The van der Waals surface area contributed by atoms with Crippen molar-refractivity contribution in [3.8, 4) is 5.75 Å². The minimum Gasteiger partial charge on any atom is -0.489 e. The maximum atomic E-state index is 5.84. The fourth-order valence-electron chi connectivity index (χ4n) is 2.70. The zero-order chi connectivity index (χ0) is 19.8. The molecule has 0 spiro atoms. The van der Waals surface area contributed by atoms with Crippen molar-refractivity contribution in [2.75, 3.05) is 5.32 Å². The van der Waals surface area contributed by atoms with Crippen LogP contribution in [0.1, 0.15) is 22.3 Å². The molecule has 0 bridgehead atoms. The van der Waals surface area contributed by atoms with Crippen LogP contribution in [-0.2, 0) is 6.61 Å². The van der Waals surface area contributed by atoms with E-state index in [2.05, 4.69) is 28.8 Å². The summed E-state index contributed by atoms with van der Waals surface area (Å²) in [6, 6.07) is 24.0. The minimum atomic E-state index is 0.444. The first-order valence-electron chi connectivity index (χ1n) is 9.04. The number of benzene rings is 3. The van der Waals surface area contributed by atoms with Gasteiger partial charge < -0.3 is 10.1 Å². The van der Waals surface area contributed by atoms with Gasteiger partial charge in [-0.05, 0) is 61.0 Å². The first kappa shape index (κ1) is 19.6. The second-order valence-corrected chi connectivity index (χ2v) is 6.90. The van der Waals surface area contributed by atoms with E-state index in [0.717, 1.165) is 28.1 Å². The van der Waals surface area contributed by atoms with Crippen molar-refractivity contribution in [3.63, 3.8) is 0 Å². The fourth-order valence-corrected chi connectivity index (χ4v) is 2.86. The number of ether oxygens (including phenoxy) is 1. The number of nitrogens with one attached hydrogen (secondary N) is 2. The molecule has 142 valence electrons. The third kappa shape index (κ3) is 5.93. The molecule has 3 aromatic carbocycles. The van der Waals surface area contributed by atoms with Crippen molar-refractivity contribution >= 4 is 29.2 Å². The number of nitrogens with zero attached hydrogens (tertiary/aromatic N) is 1. The Kier molecular flexibility index (Phi) is 6.76. The predicted molar refractivity (Wildman–Crippen MR) is 120 cm³/mol. The summed E-state index contributed by atoms with van der Waals surface area (Å²) in [6.45, 7) is 4.64. The van der Waals surface area contributed by atoms with E-state index >= 15 is 0 Å². The van der Waals surface area contributed by atoms with E-state index in [1.807, 2.05) is 73.7 Å². The molecule has 0 fully saturated rings. The van der Waals surface area contributed by atoms with Gasteiger partial charge in [-0.15, -0.1) is 0 Å². The van der Waals surface area contributed by atoms with Gasteiger partial charge in [-0.1, -0.05) is 60.2 Å². The summed E-state index contributed by atoms with van der Waals surface area (Å²) < 4.78 is 5.84. The summed E-state index contributed by atoms with van der Waals surface area (Å²) in [4.78, 5) is 0. The monoisotopic (exact) mass is 389 g/mol. The Hall–Kier alpha value is -3.18. The molecule has 0 aromatic heterocycles. The first-order chi connectivity index (χ1) is 13.6. The van der Waals surface area contributed by atoms with Gasteiger partial charge in [0.15, 0.2) is 5.11 Å². The number of anilines is 1. The van der Waals surface area contributed by atoms with Crippen LogP contribution in [0.15, 0.2) is 77.9 Å². The highest BCUT2D eigenvalue weighted by atomic mass is 32.1. The Morgan fingerprint density at radius 2 is 1.82 bits per heavy atom. The van der Waals surface area contributed by atoms with Gasteiger partial charge in [-0.25, -0.2) is 0 Å². The molecule has 0 heterocycles. The molecule has 0 aliphatic rings. The lowest BCUT2D eigenvalue weighted by Gasteiger charge is -2.10. The molecule has 0 aliphatic heterocycles. The molecule has 0 atom stereocenters. The zero-order valence-electron chi connectivity index (χ0n) is 16.0. The number of hydrazone groups is 1. The average molecular weight is 390 g/mol. The number of thiocarbonyl (C=S) groups is 1. The van der Waals surface area contributed by atoms with E-state index in [1.165, 1.54) is 5.56 Å². The normalized spacial score (nSPS) is 10.6. The Bertz CT molecular complexity index is 971. The molecule has 3 rings (SSSR count). The van der Waals surface area contributed by atoms with Crippen LogP contribution in [0.2, 0.25) is 0 Å². The van der Waals surface area contributed by atoms with Gasteiger partial charge in [0.05, 0.1) is 6.21 Å². The van der Waals surface area contributed by atoms with Crippen molar-refractivity contribution in [2.45, 2.75) is 20.5 Å². The van der Waals surface area contributed by atoms with E-state index in [4.69, 9.17) is 17.0 Å². The zero-order valence-corrected chi connectivity index (χ0v) is 16.8. The molecular weight excluding hydrogens is 366 g/mol. The van der Waals surface area contributed by atoms with Crippen molar-refractivity contribution < 1.29 is 4.74 Å². The second-order valence-electron chi connectivity index (χ2n) is 6.49. The SMILES string of the molecule is Cc1ccc(NC(=S)NN=Cc2cccc(OCc3ccccc3)c2)c(C)c1. The molecule has 0 aliphatic carbocycles. The van der Waals surface area contributed by atoms with Gasteiger partial charge in [0.1, 0.15) is 12.4 Å². The quantitative estimate of drug-likeness (QED) is 0.345. The topological polar surface area (TPSA) is 45.7 Å². The highest BCUT2D eigenvalue weighted by Gasteiger charge is 2.01. The lowest BCUT2D eigenvalue weighted by Crippen LogP contribution is -2.24. The Labute approximate surface area is 171 Å². The second kappa shape index (κ2) is 9.67. The average Bonchev–Trinajstić information content (AvgIpc) is 2.70. The van der Waals surface area contributed by atoms with E-state index < -0.39 is 0 Å². The smallest absolute Gasteiger partial charge is 0.191 e. The number of hydrogen-bond donors (Lipinski definition) is 2. The lowest BCUT2D eigenvalue weighted by atomic mass is 10.1. The van der Waals surface area contributed by atoms with Crippen LogP contribution >= 0.6 is 12.2 Å². The van der Waals surface area contributed by atoms with Crippen LogP contribution in [0, 0.1) is 13.8 Å². The summed E-state index contributed by atoms with van der Waals surface area (Å²) in [5.41, 5.74) is 8.22. The van der Waals surface area contributed by atoms with E-state index in [0.29, 0.717) is 11.7 Å². The number of hydrogen-bond acceptors (Lipinski definition) is 3. The molecule has 5 heteroatoms. The Balaban J connectivity index is 1.53. The van der Waals surface area contributed by atoms with E-state index in [1.54, 1.807) is 6.21 Å². The highest BCUT2D eigenvalue weighted by molar-refractivity contribution is 7.80. The maximum Gasteiger partial charge on any atom is 0.191 e. The third-order valence-corrected chi connectivity index (χ3v) is 4.31. The Morgan fingerprint density at radius 1 is 1.00 bits per heavy atom. The lowest BCUT2D eigenvalue weighted by molar-refractivity contribution is 0.306. The first-order valence-corrected chi connectivity index (χ1v) is 9.45. The molecule has 0 saturated carbocycles. The van der Waals surface area contributed by atoms with Crippen molar-refractivity contribution in [2.24, 2.45) is 5.10 Å². The fraction of sp³-hybridized carbons (Fsp3) is 0.130. The van der Waals surface area contributed by atoms with Crippen LogP contribution in [0.5, 0.6) is 5.75 Å². The van der Waals surface area contributed by atoms with Crippen molar-refractivity contribution in [1.29, 1.82) is 0 Å². The van der Waals surface area contributed by atoms with Crippen molar-refractivity contribution in [1.82, 2.24) is 5.43 Å². The molecular formula is C23H23N3OS. The molecule has 28 heavy (non-hydrogen) atoms. The van der Waals surface area contributed by atoms with Crippen LogP contribution in [0.4, 0.5) is 5.69 Å². The summed E-state index contributed by atoms with van der Waals surface area (Å²) in [7, 11) is 0. The standard InChI is InChI=1S/C23H23N3OS/c1-17-11-12-22(18(2)13-17)25-23(28)26-24-15-20-9-6-10-21(14-20)27-16-19-7-4-3-5-8-19/h3-15H,16H2,1-2H3,(H2,25,26,28). The van der Waals surface area contributed by atoms with Crippen LogP contribution in [0.3, 0.4) is 0 Å². The summed E-state index contributed by atoms with van der Waals surface area (Å²) in [5.74, 6) is 0.795. The van der Waals surface area contributed by atoms with Gasteiger partial charge in [-0.3, -0.25) is 5.43 Å². The molecule has 0 unspecified atom stereocenters. The molecule has 0 saturated heterocycles. The van der Waals surface area contributed by atoms with Crippen LogP contribution < -0.4 is 15.5 Å². The number of rotatable bonds is 6. The largest absolute Gasteiger partial charge is 0.489 e. The molecule has 4 nitrogen and oxygen atoms in total. The van der Waals surface area contributed by atoms with Crippen LogP contribution in [-0.4, -0.2) is 11.3 Å². The molecule has 3 aromatic rings. The molecule has 0 amide bonds. The van der Waals surface area contributed by atoms with Gasteiger partial charge in [-0.2, -0.15) is 5.10 Å². The molecule has 2 N–H and O–H groups in total. The Morgan fingerprint density at radius 3 is 2.61 bits per heavy atom.